The first-order valence-corrected chi connectivity index (χ1v) is 11.3. The van der Waals surface area contributed by atoms with Crippen molar-refractivity contribution in [2.45, 2.75) is 52.4 Å². The second-order valence-corrected chi connectivity index (χ2v) is 7.87. The Kier molecular flexibility index (Phi) is 8.31. The van der Waals surface area contributed by atoms with Crippen LogP contribution in [0.4, 0.5) is 0 Å². The number of carbonyl (C=O) groups is 2. The number of likely N-dealkylation sites (tertiary alicyclic amines) is 1. The average Bonchev–Trinajstić information content (AvgIpc) is 3.37. The van der Waals surface area contributed by atoms with Crippen LogP contribution in [-0.2, 0) is 14.3 Å². The first-order valence-electron chi connectivity index (χ1n) is 11.3. The van der Waals surface area contributed by atoms with Crippen molar-refractivity contribution in [3.05, 3.63) is 35.5 Å². The number of unbranched alkanes of at least 4 members (excludes halogenated alkanes) is 1. The number of nitrogens with zero attached hydrogens (tertiary/aromatic N) is 2. The number of hydrogen-bond donors (Lipinski definition) is 0. The molecule has 164 valence electrons. The third-order valence-corrected chi connectivity index (χ3v) is 5.49. The molecule has 1 aromatic rings. The fourth-order valence-corrected chi connectivity index (χ4v) is 3.87. The molecule has 2 aliphatic heterocycles. The Balaban J connectivity index is 1.75. The van der Waals surface area contributed by atoms with Crippen LogP contribution in [0.3, 0.4) is 0 Å². The van der Waals surface area contributed by atoms with Crippen LogP contribution < -0.4 is 4.74 Å². The van der Waals surface area contributed by atoms with Gasteiger partial charge < -0.3 is 14.4 Å². The molecule has 2 amide bonds. The van der Waals surface area contributed by atoms with E-state index in [0.717, 1.165) is 63.1 Å². The van der Waals surface area contributed by atoms with Crippen molar-refractivity contribution in [3.8, 4) is 5.75 Å². The lowest BCUT2D eigenvalue weighted by Crippen LogP contribution is -2.35. The highest BCUT2D eigenvalue weighted by atomic mass is 16.5. The van der Waals surface area contributed by atoms with Crippen molar-refractivity contribution in [1.82, 2.24) is 9.80 Å². The van der Waals surface area contributed by atoms with Gasteiger partial charge in [-0.05, 0) is 49.8 Å². The van der Waals surface area contributed by atoms with Crippen molar-refractivity contribution < 1.29 is 19.1 Å². The number of carbonyl (C=O) groups excluding carboxylic acids is 2. The molecule has 0 aliphatic carbocycles. The molecule has 30 heavy (non-hydrogen) atoms. The number of benzene rings is 1. The standard InChI is InChI=1S/C24H34N2O4/c1-3-5-17-29-18-8-15-26-23(27)21(22(24(26)28)25-13-6-7-14-25)19-9-11-20(12-10-19)30-16-4-2/h9-12H,3-8,13-18H2,1-2H3. The fourth-order valence-electron chi connectivity index (χ4n) is 3.87. The van der Waals surface area contributed by atoms with Gasteiger partial charge in [0.05, 0.1) is 12.2 Å². The van der Waals surface area contributed by atoms with Crippen LogP contribution in [0.25, 0.3) is 5.57 Å². The summed E-state index contributed by atoms with van der Waals surface area (Å²) < 4.78 is 11.3. The summed E-state index contributed by atoms with van der Waals surface area (Å²) in [7, 11) is 0. The maximum absolute atomic E-state index is 13.3. The van der Waals surface area contributed by atoms with Crippen molar-refractivity contribution in [3.63, 3.8) is 0 Å². The lowest BCUT2D eigenvalue weighted by molar-refractivity contribution is -0.137. The Morgan fingerprint density at radius 3 is 2.23 bits per heavy atom. The molecule has 0 unspecified atom stereocenters. The minimum atomic E-state index is -0.197. The highest BCUT2D eigenvalue weighted by Gasteiger charge is 2.41. The SMILES string of the molecule is CCCCOCCCN1C(=O)C(c2ccc(OCCC)cc2)=C(N2CCCC2)C1=O. The molecule has 0 spiro atoms. The smallest absolute Gasteiger partial charge is 0.277 e. The van der Waals surface area contributed by atoms with Gasteiger partial charge in [-0.1, -0.05) is 32.4 Å². The zero-order valence-electron chi connectivity index (χ0n) is 18.3. The molecule has 1 saturated heterocycles. The summed E-state index contributed by atoms with van der Waals surface area (Å²) in [6.07, 6.45) is 5.82. The van der Waals surface area contributed by atoms with Crippen molar-refractivity contribution in [2.24, 2.45) is 0 Å². The van der Waals surface area contributed by atoms with Crippen LogP contribution >= 0.6 is 0 Å². The highest BCUT2D eigenvalue weighted by molar-refractivity contribution is 6.35. The van der Waals surface area contributed by atoms with Gasteiger partial charge in [0.2, 0.25) is 0 Å². The normalized spacial score (nSPS) is 16.9. The van der Waals surface area contributed by atoms with E-state index in [-0.39, 0.29) is 11.8 Å². The molecular formula is C24H34N2O4. The summed E-state index contributed by atoms with van der Waals surface area (Å²) in [5.41, 5.74) is 1.86. The Hall–Kier alpha value is -2.34. The highest BCUT2D eigenvalue weighted by Crippen LogP contribution is 2.34. The third-order valence-electron chi connectivity index (χ3n) is 5.49. The van der Waals surface area contributed by atoms with Gasteiger partial charge in [0.25, 0.3) is 11.8 Å². The van der Waals surface area contributed by atoms with Crippen LogP contribution in [0.2, 0.25) is 0 Å². The quantitative estimate of drug-likeness (QED) is 0.384. The van der Waals surface area contributed by atoms with Crippen LogP contribution in [0, 0.1) is 0 Å². The van der Waals surface area contributed by atoms with E-state index in [2.05, 4.69) is 18.7 Å². The molecule has 0 aromatic heterocycles. The summed E-state index contributed by atoms with van der Waals surface area (Å²) >= 11 is 0. The van der Waals surface area contributed by atoms with E-state index in [1.165, 1.54) is 4.90 Å². The number of imide groups is 1. The minimum absolute atomic E-state index is 0.170. The van der Waals surface area contributed by atoms with Gasteiger partial charge in [0, 0.05) is 32.8 Å². The molecule has 3 rings (SSSR count). The summed E-state index contributed by atoms with van der Waals surface area (Å²) in [5.74, 6) is 0.413. The van der Waals surface area contributed by atoms with E-state index >= 15 is 0 Å². The fraction of sp³-hybridized carbons (Fsp3) is 0.583. The number of rotatable bonds is 12. The predicted octanol–water partition coefficient (Wildman–Crippen LogP) is 3.86. The molecule has 0 N–H and O–H groups in total. The third kappa shape index (κ3) is 5.22. The average molecular weight is 415 g/mol. The van der Waals surface area contributed by atoms with E-state index in [4.69, 9.17) is 9.47 Å². The molecule has 6 nitrogen and oxygen atoms in total. The van der Waals surface area contributed by atoms with Crippen molar-refractivity contribution in [2.75, 3.05) is 39.5 Å². The lowest BCUT2D eigenvalue weighted by atomic mass is 10.0. The second-order valence-electron chi connectivity index (χ2n) is 7.87. The summed E-state index contributed by atoms with van der Waals surface area (Å²) in [6, 6.07) is 7.53. The van der Waals surface area contributed by atoms with Gasteiger partial charge >= 0.3 is 0 Å². The Labute approximate surface area is 179 Å². The van der Waals surface area contributed by atoms with Gasteiger partial charge in [-0.15, -0.1) is 0 Å². The van der Waals surface area contributed by atoms with E-state index in [0.29, 0.717) is 37.4 Å². The van der Waals surface area contributed by atoms with Crippen molar-refractivity contribution >= 4 is 17.4 Å². The van der Waals surface area contributed by atoms with Gasteiger partial charge in [-0.25, -0.2) is 0 Å². The largest absolute Gasteiger partial charge is 0.494 e. The van der Waals surface area contributed by atoms with Crippen LogP contribution in [0.15, 0.2) is 30.0 Å². The molecular weight excluding hydrogens is 380 g/mol. The number of amides is 2. The van der Waals surface area contributed by atoms with Gasteiger partial charge in [-0.3, -0.25) is 14.5 Å². The van der Waals surface area contributed by atoms with E-state index < -0.39 is 0 Å². The second kappa shape index (κ2) is 11.2. The maximum Gasteiger partial charge on any atom is 0.277 e. The minimum Gasteiger partial charge on any atom is -0.494 e. The summed E-state index contributed by atoms with van der Waals surface area (Å²) in [6.45, 7) is 8.18. The molecule has 0 bridgehead atoms. The predicted molar refractivity (Wildman–Crippen MR) is 117 cm³/mol. The molecule has 1 aromatic carbocycles. The lowest BCUT2D eigenvalue weighted by Gasteiger charge is -2.20. The Bertz CT molecular complexity index is 751. The molecule has 2 heterocycles. The monoisotopic (exact) mass is 414 g/mol. The maximum atomic E-state index is 13.3. The molecule has 0 radical (unpaired) electrons. The van der Waals surface area contributed by atoms with Crippen LogP contribution in [0.1, 0.15) is 57.9 Å². The zero-order chi connectivity index (χ0) is 21.3. The first kappa shape index (κ1) is 22.3. The molecule has 0 atom stereocenters. The van der Waals surface area contributed by atoms with Crippen LogP contribution in [-0.4, -0.2) is 61.1 Å². The summed E-state index contributed by atoms with van der Waals surface area (Å²) in [4.78, 5) is 29.9. The van der Waals surface area contributed by atoms with E-state index in [1.807, 2.05) is 24.3 Å². The van der Waals surface area contributed by atoms with E-state index in [1.54, 1.807) is 0 Å². The number of hydrogen-bond acceptors (Lipinski definition) is 5. The van der Waals surface area contributed by atoms with Gasteiger partial charge in [-0.2, -0.15) is 0 Å². The molecule has 1 fully saturated rings. The first-order chi connectivity index (χ1) is 14.7. The van der Waals surface area contributed by atoms with Gasteiger partial charge in [0.15, 0.2) is 0 Å². The zero-order valence-corrected chi connectivity index (χ0v) is 18.3. The van der Waals surface area contributed by atoms with Crippen molar-refractivity contribution in [1.29, 1.82) is 0 Å². The Morgan fingerprint density at radius 1 is 0.867 bits per heavy atom. The topological polar surface area (TPSA) is 59.1 Å². The Morgan fingerprint density at radius 2 is 1.57 bits per heavy atom. The number of ether oxygens (including phenoxy) is 2. The molecule has 6 heteroatoms. The van der Waals surface area contributed by atoms with E-state index in [9.17, 15) is 9.59 Å². The summed E-state index contributed by atoms with van der Waals surface area (Å²) in [5, 5.41) is 0. The molecule has 2 aliphatic rings. The van der Waals surface area contributed by atoms with Crippen LogP contribution in [0.5, 0.6) is 5.75 Å². The van der Waals surface area contributed by atoms with Gasteiger partial charge in [0.1, 0.15) is 11.4 Å². The molecule has 0 saturated carbocycles.